The van der Waals surface area contributed by atoms with Crippen LogP contribution in [0.3, 0.4) is 0 Å². The fourth-order valence-corrected chi connectivity index (χ4v) is 3.15. The molecule has 1 aromatic carbocycles. The van der Waals surface area contributed by atoms with E-state index in [2.05, 4.69) is 42.2 Å². The average molecular weight is 285 g/mol. The molecule has 21 heavy (non-hydrogen) atoms. The summed E-state index contributed by atoms with van der Waals surface area (Å²) in [7, 11) is 2.12. The van der Waals surface area contributed by atoms with Gasteiger partial charge in [-0.05, 0) is 43.5 Å². The number of nitrogens with zero attached hydrogens (tertiary/aromatic N) is 3. The summed E-state index contributed by atoms with van der Waals surface area (Å²) in [6.45, 7) is 5.97. The van der Waals surface area contributed by atoms with Crippen molar-refractivity contribution in [2.45, 2.75) is 39.3 Å². The van der Waals surface area contributed by atoms with E-state index in [0.29, 0.717) is 6.42 Å². The second-order valence-electron chi connectivity index (χ2n) is 5.87. The van der Waals surface area contributed by atoms with Crippen LogP contribution in [0.1, 0.15) is 35.5 Å². The Kier molecular flexibility index (Phi) is 3.72. The molecule has 2 heterocycles. The molecule has 0 radical (unpaired) electrons. The Morgan fingerprint density at radius 2 is 2.14 bits per heavy atom. The number of aliphatic hydroxyl groups excluding tert-OH is 1. The van der Waals surface area contributed by atoms with E-state index in [-0.39, 0.29) is 0 Å². The molecule has 0 aliphatic carbocycles. The number of anilines is 1. The summed E-state index contributed by atoms with van der Waals surface area (Å²) in [5.74, 6) is 0. The van der Waals surface area contributed by atoms with E-state index in [4.69, 9.17) is 0 Å². The van der Waals surface area contributed by atoms with E-state index < -0.39 is 6.10 Å². The monoisotopic (exact) mass is 285 g/mol. The van der Waals surface area contributed by atoms with Crippen LogP contribution in [0.4, 0.5) is 5.69 Å². The Balaban J connectivity index is 1.81. The lowest BCUT2D eigenvalue weighted by Crippen LogP contribution is -2.12. The Morgan fingerprint density at radius 1 is 1.33 bits per heavy atom. The van der Waals surface area contributed by atoms with Gasteiger partial charge in [-0.15, -0.1) is 0 Å². The van der Waals surface area contributed by atoms with Crippen LogP contribution in [0.2, 0.25) is 0 Å². The maximum absolute atomic E-state index is 10.5. The zero-order valence-electron chi connectivity index (χ0n) is 13.0. The average Bonchev–Trinajstić information content (AvgIpc) is 3.01. The van der Waals surface area contributed by atoms with Crippen LogP contribution in [0.15, 0.2) is 24.3 Å². The maximum atomic E-state index is 10.5. The lowest BCUT2D eigenvalue weighted by Gasteiger charge is -2.15. The van der Waals surface area contributed by atoms with E-state index in [9.17, 15) is 5.11 Å². The summed E-state index contributed by atoms with van der Waals surface area (Å²) in [6, 6.07) is 8.39. The highest BCUT2D eigenvalue weighted by atomic mass is 16.3. The third kappa shape index (κ3) is 2.68. The molecule has 1 unspecified atom stereocenters. The van der Waals surface area contributed by atoms with E-state index in [1.54, 1.807) is 0 Å². The standard InChI is InChI=1S/C17H23N3O/c1-4-20-15(9-12(2)18-20)11-17(21)14-5-6-16-13(10-14)7-8-19(16)3/h5-6,9-10,17,21H,4,7-8,11H2,1-3H3. The van der Waals surface area contributed by atoms with E-state index in [1.807, 2.05) is 17.7 Å². The number of fused-ring (bicyclic) bond motifs is 1. The predicted molar refractivity (Wildman–Crippen MR) is 84.7 cm³/mol. The van der Waals surface area contributed by atoms with Crippen molar-refractivity contribution in [1.29, 1.82) is 0 Å². The molecular formula is C17H23N3O. The van der Waals surface area contributed by atoms with Gasteiger partial charge in [-0.25, -0.2) is 0 Å². The largest absolute Gasteiger partial charge is 0.388 e. The first kappa shape index (κ1) is 14.1. The highest BCUT2D eigenvalue weighted by Crippen LogP contribution is 2.30. The van der Waals surface area contributed by atoms with Gasteiger partial charge in [0.1, 0.15) is 0 Å². The molecule has 0 saturated heterocycles. The summed E-state index contributed by atoms with van der Waals surface area (Å²) >= 11 is 0. The third-order valence-corrected chi connectivity index (χ3v) is 4.30. The van der Waals surface area contributed by atoms with Crippen LogP contribution in [0.5, 0.6) is 0 Å². The SMILES string of the molecule is CCn1nc(C)cc1CC(O)c1ccc2c(c1)CCN2C. The lowest BCUT2D eigenvalue weighted by molar-refractivity contribution is 0.175. The van der Waals surface area contributed by atoms with Gasteiger partial charge in [-0.1, -0.05) is 12.1 Å². The van der Waals surface area contributed by atoms with Gasteiger partial charge in [0.2, 0.25) is 0 Å². The van der Waals surface area contributed by atoms with Crippen molar-refractivity contribution in [3.63, 3.8) is 0 Å². The quantitative estimate of drug-likeness (QED) is 0.938. The van der Waals surface area contributed by atoms with Gasteiger partial charge in [0, 0.05) is 37.9 Å². The molecule has 4 nitrogen and oxygen atoms in total. The highest BCUT2D eigenvalue weighted by Gasteiger charge is 2.19. The number of benzene rings is 1. The van der Waals surface area contributed by atoms with E-state index >= 15 is 0 Å². The molecule has 0 fully saturated rings. The van der Waals surface area contributed by atoms with Crippen LogP contribution >= 0.6 is 0 Å². The Hall–Kier alpha value is -1.81. The Labute approximate surface area is 126 Å². The maximum Gasteiger partial charge on any atom is 0.0845 e. The second kappa shape index (κ2) is 5.53. The number of aromatic nitrogens is 2. The van der Waals surface area contributed by atoms with Crippen LogP contribution in [0.25, 0.3) is 0 Å². The van der Waals surface area contributed by atoms with Gasteiger partial charge in [-0.2, -0.15) is 5.10 Å². The molecule has 0 spiro atoms. The molecule has 1 aromatic heterocycles. The number of hydrogen-bond donors (Lipinski definition) is 1. The van der Waals surface area contributed by atoms with Gasteiger partial charge in [0.15, 0.2) is 0 Å². The minimum Gasteiger partial charge on any atom is -0.388 e. The van der Waals surface area contributed by atoms with Gasteiger partial charge in [0.05, 0.1) is 11.8 Å². The van der Waals surface area contributed by atoms with Crippen LogP contribution < -0.4 is 4.90 Å². The summed E-state index contributed by atoms with van der Waals surface area (Å²) in [6.07, 6.45) is 1.21. The summed E-state index contributed by atoms with van der Waals surface area (Å²) in [5.41, 5.74) is 5.75. The van der Waals surface area contributed by atoms with Gasteiger partial charge in [0.25, 0.3) is 0 Å². The van der Waals surface area contributed by atoms with Gasteiger partial charge < -0.3 is 10.0 Å². The molecule has 4 heteroatoms. The third-order valence-electron chi connectivity index (χ3n) is 4.30. The number of aliphatic hydroxyl groups is 1. The summed E-state index contributed by atoms with van der Waals surface area (Å²) < 4.78 is 1.97. The fraction of sp³-hybridized carbons (Fsp3) is 0.471. The predicted octanol–water partition coefficient (Wildman–Crippen LogP) is 2.48. The zero-order valence-corrected chi connectivity index (χ0v) is 13.0. The first-order chi connectivity index (χ1) is 10.1. The minimum atomic E-state index is -0.470. The van der Waals surface area contributed by atoms with Crippen LogP contribution in [0, 0.1) is 6.92 Å². The molecule has 1 atom stereocenters. The van der Waals surface area contributed by atoms with E-state index in [1.165, 1.54) is 11.3 Å². The highest BCUT2D eigenvalue weighted by molar-refractivity contribution is 5.58. The lowest BCUT2D eigenvalue weighted by atomic mass is 10.0. The Bertz CT molecular complexity index is 647. The first-order valence-electron chi connectivity index (χ1n) is 7.64. The minimum absolute atomic E-state index is 0.470. The Morgan fingerprint density at radius 3 is 2.90 bits per heavy atom. The van der Waals surface area contributed by atoms with Crippen molar-refractivity contribution in [2.75, 3.05) is 18.5 Å². The van der Waals surface area contributed by atoms with Crippen molar-refractivity contribution in [3.05, 3.63) is 46.8 Å². The zero-order chi connectivity index (χ0) is 15.0. The smallest absolute Gasteiger partial charge is 0.0845 e. The van der Waals surface area contributed by atoms with Gasteiger partial charge >= 0.3 is 0 Å². The van der Waals surface area contributed by atoms with Crippen molar-refractivity contribution >= 4 is 5.69 Å². The number of hydrogen-bond acceptors (Lipinski definition) is 3. The summed E-state index contributed by atoms with van der Waals surface area (Å²) in [4.78, 5) is 2.26. The molecule has 0 bridgehead atoms. The van der Waals surface area contributed by atoms with Crippen molar-refractivity contribution in [3.8, 4) is 0 Å². The van der Waals surface area contributed by atoms with E-state index in [0.717, 1.165) is 36.5 Å². The van der Waals surface area contributed by atoms with Crippen molar-refractivity contribution in [2.24, 2.45) is 0 Å². The normalized spacial score (nSPS) is 15.3. The van der Waals surface area contributed by atoms with Crippen LogP contribution in [-0.2, 0) is 19.4 Å². The molecule has 0 amide bonds. The fourth-order valence-electron chi connectivity index (χ4n) is 3.15. The molecule has 1 N–H and O–H groups in total. The van der Waals surface area contributed by atoms with Crippen molar-refractivity contribution in [1.82, 2.24) is 9.78 Å². The molecule has 112 valence electrons. The number of rotatable bonds is 4. The molecule has 2 aromatic rings. The molecule has 3 rings (SSSR count). The topological polar surface area (TPSA) is 41.3 Å². The van der Waals surface area contributed by atoms with Gasteiger partial charge in [-0.3, -0.25) is 4.68 Å². The molecule has 0 saturated carbocycles. The molecule has 1 aliphatic heterocycles. The number of aryl methyl sites for hydroxylation is 2. The van der Waals surface area contributed by atoms with Crippen LogP contribution in [-0.4, -0.2) is 28.5 Å². The first-order valence-corrected chi connectivity index (χ1v) is 7.64. The second-order valence-corrected chi connectivity index (χ2v) is 5.87. The molecule has 1 aliphatic rings. The summed E-state index contributed by atoms with van der Waals surface area (Å²) in [5, 5.41) is 15.0. The number of likely N-dealkylation sites (N-methyl/N-ethyl adjacent to an activating group) is 1. The molecular weight excluding hydrogens is 262 g/mol. The van der Waals surface area contributed by atoms with Crippen molar-refractivity contribution < 1.29 is 5.11 Å².